The standard InChI is InChI=1S/C14H18ClN3OS/c15-10-6-7-11-14(17-9-20-11)13(10)18-12(19)5-3-1-2-4-8-16/h6-7,9H,1-5,8,16H2,(H,18,19). The van der Waals surface area contributed by atoms with E-state index in [9.17, 15) is 4.79 Å². The monoisotopic (exact) mass is 311 g/mol. The highest BCUT2D eigenvalue weighted by Crippen LogP contribution is 2.32. The molecule has 0 aliphatic carbocycles. The number of anilines is 1. The number of halogens is 1. The number of unbranched alkanes of at least 4 members (excludes halogenated alkanes) is 3. The highest BCUT2D eigenvalue weighted by molar-refractivity contribution is 7.16. The van der Waals surface area contributed by atoms with Crippen molar-refractivity contribution in [2.45, 2.75) is 32.1 Å². The number of carbonyl (C=O) groups excluding carboxylic acids is 1. The molecule has 0 atom stereocenters. The zero-order chi connectivity index (χ0) is 14.4. The number of nitrogens with one attached hydrogen (secondary N) is 1. The fourth-order valence-electron chi connectivity index (χ4n) is 2.01. The third kappa shape index (κ3) is 3.91. The highest BCUT2D eigenvalue weighted by Gasteiger charge is 2.11. The highest BCUT2D eigenvalue weighted by atomic mass is 35.5. The molecule has 0 saturated carbocycles. The molecule has 1 aromatic carbocycles. The zero-order valence-electron chi connectivity index (χ0n) is 11.2. The Morgan fingerprint density at radius 3 is 2.90 bits per heavy atom. The Labute approximate surface area is 127 Å². The lowest BCUT2D eigenvalue weighted by Crippen LogP contribution is -2.12. The van der Waals surface area contributed by atoms with Gasteiger partial charge < -0.3 is 11.1 Å². The van der Waals surface area contributed by atoms with Crippen LogP contribution in [0.5, 0.6) is 0 Å². The van der Waals surface area contributed by atoms with Crippen molar-refractivity contribution in [1.29, 1.82) is 0 Å². The van der Waals surface area contributed by atoms with E-state index in [1.54, 1.807) is 11.6 Å². The average molecular weight is 312 g/mol. The number of nitrogens with two attached hydrogens (primary N) is 1. The van der Waals surface area contributed by atoms with Crippen LogP contribution in [0.4, 0.5) is 5.69 Å². The van der Waals surface area contributed by atoms with Crippen molar-refractivity contribution in [3.05, 3.63) is 22.7 Å². The number of nitrogens with zero attached hydrogens (tertiary/aromatic N) is 1. The van der Waals surface area contributed by atoms with Gasteiger partial charge in [0.1, 0.15) is 5.52 Å². The number of hydrogen-bond donors (Lipinski definition) is 2. The summed E-state index contributed by atoms with van der Waals surface area (Å²) in [6.07, 6.45) is 4.49. The molecule has 0 bridgehead atoms. The first-order valence-corrected chi connectivity index (χ1v) is 7.99. The quantitative estimate of drug-likeness (QED) is 0.764. The largest absolute Gasteiger partial charge is 0.330 e. The predicted octanol–water partition coefficient (Wildman–Crippen LogP) is 3.80. The minimum Gasteiger partial charge on any atom is -0.330 e. The van der Waals surface area contributed by atoms with Gasteiger partial charge in [-0.2, -0.15) is 0 Å². The summed E-state index contributed by atoms with van der Waals surface area (Å²) < 4.78 is 1.02. The molecule has 0 radical (unpaired) electrons. The third-order valence-corrected chi connectivity index (χ3v) is 4.18. The molecule has 2 aromatic rings. The fraction of sp³-hybridized carbons (Fsp3) is 0.429. The van der Waals surface area contributed by atoms with Crippen LogP contribution >= 0.6 is 22.9 Å². The van der Waals surface area contributed by atoms with Crippen molar-refractivity contribution in [2.24, 2.45) is 5.73 Å². The van der Waals surface area contributed by atoms with Crippen LogP contribution in [0.25, 0.3) is 10.2 Å². The van der Waals surface area contributed by atoms with Crippen LogP contribution in [-0.2, 0) is 4.79 Å². The molecule has 3 N–H and O–H groups in total. The van der Waals surface area contributed by atoms with Crippen LogP contribution in [0.1, 0.15) is 32.1 Å². The van der Waals surface area contributed by atoms with Gasteiger partial charge in [0.15, 0.2) is 0 Å². The summed E-state index contributed by atoms with van der Waals surface area (Å²) in [6.45, 7) is 0.716. The third-order valence-electron chi connectivity index (χ3n) is 3.07. The van der Waals surface area contributed by atoms with Crippen LogP contribution in [0.2, 0.25) is 5.02 Å². The Bertz CT molecular complexity index is 585. The SMILES string of the molecule is NCCCCCCC(=O)Nc1c(Cl)ccc2scnc12. The first-order chi connectivity index (χ1) is 9.72. The molecule has 2 rings (SSSR count). The molecule has 1 amide bonds. The molecule has 0 fully saturated rings. The van der Waals surface area contributed by atoms with Crippen molar-refractivity contribution in [3.8, 4) is 0 Å². The number of amides is 1. The molecule has 4 nitrogen and oxygen atoms in total. The van der Waals surface area contributed by atoms with E-state index < -0.39 is 0 Å². The lowest BCUT2D eigenvalue weighted by molar-refractivity contribution is -0.116. The van der Waals surface area contributed by atoms with Gasteiger partial charge in [-0.1, -0.05) is 24.4 Å². The second-order valence-electron chi connectivity index (χ2n) is 4.62. The van der Waals surface area contributed by atoms with E-state index in [1.165, 1.54) is 11.3 Å². The van der Waals surface area contributed by atoms with E-state index in [4.69, 9.17) is 17.3 Å². The van der Waals surface area contributed by atoms with Gasteiger partial charge in [-0.05, 0) is 31.5 Å². The van der Waals surface area contributed by atoms with Gasteiger partial charge >= 0.3 is 0 Å². The van der Waals surface area contributed by atoms with Crippen molar-refractivity contribution < 1.29 is 4.79 Å². The number of carbonyl (C=O) groups is 1. The van der Waals surface area contributed by atoms with Crippen molar-refractivity contribution in [1.82, 2.24) is 4.98 Å². The topological polar surface area (TPSA) is 68.0 Å². The molecule has 0 aliphatic rings. The van der Waals surface area contributed by atoms with Gasteiger partial charge in [-0.3, -0.25) is 4.79 Å². The van der Waals surface area contributed by atoms with E-state index >= 15 is 0 Å². The fourth-order valence-corrected chi connectivity index (χ4v) is 2.90. The molecule has 0 unspecified atom stereocenters. The first kappa shape index (κ1) is 15.2. The Hall–Kier alpha value is -1.17. The molecular formula is C14H18ClN3OS. The van der Waals surface area contributed by atoms with Crippen molar-refractivity contribution in [3.63, 3.8) is 0 Å². The zero-order valence-corrected chi connectivity index (χ0v) is 12.8. The summed E-state index contributed by atoms with van der Waals surface area (Å²) in [4.78, 5) is 16.2. The summed E-state index contributed by atoms with van der Waals surface area (Å²) in [5, 5.41) is 3.41. The molecule has 108 valence electrons. The Morgan fingerprint density at radius 1 is 1.30 bits per heavy atom. The number of rotatable bonds is 7. The van der Waals surface area contributed by atoms with E-state index in [0.29, 0.717) is 23.7 Å². The van der Waals surface area contributed by atoms with Crippen LogP contribution in [0.3, 0.4) is 0 Å². The molecule has 6 heteroatoms. The molecule has 20 heavy (non-hydrogen) atoms. The Kier molecular flexibility index (Phi) is 5.76. The minimum atomic E-state index is -0.0138. The van der Waals surface area contributed by atoms with E-state index in [1.807, 2.05) is 6.07 Å². The Balaban J connectivity index is 1.92. The summed E-state index contributed by atoms with van der Waals surface area (Å²) >= 11 is 7.67. The Morgan fingerprint density at radius 2 is 2.10 bits per heavy atom. The smallest absolute Gasteiger partial charge is 0.224 e. The van der Waals surface area contributed by atoms with Crippen molar-refractivity contribution >= 4 is 44.7 Å². The number of fused-ring (bicyclic) bond motifs is 1. The van der Waals surface area contributed by atoms with Crippen LogP contribution < -0.4 is 11.1 Å². The number of hydrogen-bond acceptors (Lipinski definition) is 4. The van der Waals surface area contributed by atoms with E-state index in [2.05, 4.69) is 10.3 Å². The number of benzene rings is 1. The van der Waals surface area contributed by atoms with E-state index in [-0.39, 0.29) is 5.91 Å². The second-order valence-corrected chi connectivity index (χ2v) is 5.92. The maximum atomic E-state index is 11.9. The van der Waals surface area contributed by atoms with Gasteiger partial charge in [0.25, 0.3) is 0 Å². The predicted molar refractivity (Wildman–Crippen MR) is 85.4 cm³/mol. The van der Waals surface area contributed by atoms with Gasteiger partial charge in [0.2, 0.25) is 5.91 Å². The average Bonchev–Trinajstić information content (AvgIpc) is 2.90. The maximum Gasteiger partial charge on any atom is 0.224 e. The van der Waals surface area contributed by atoms with Gasteiger partial charge in [-0.25, -0.2) is 4.98 Å². The minimum absolute atomic E-state index is 0.0138. The number of thiazole rings is 1. The molecule has 1 aromatic heterocycles. The van der Waals surface area contributed by atoms with Gasteiger partial charge in [0, 0.05) is 6.42 Å². The van der Waals surface area contributed by atoms with Crippen molar-refractivity contribution in [2.75, 3.05) is 11.9 Å². The van der Waals surface area contributed by atoms with Crippen LogP contribution in [0, 0.1) is 0 Å². The van der Waals surface area contributed by atoms with Gasteiger partial charge in [-0.15, -0.1) is 11.3 Å². The van der Waals surface area contributed by atoms with Gasteiger partial charge in [0.05, 0.1) is 20.9 Å². The lowest BCUT2D eigenvalue weighted by atomic mass is 10.1. The summed E-state index contributed by atoms with van der Waals surface area (Å²) in [6, 6.07) is 3.71. The molecule has 0 saturated heterocycles. The summed E-state index contributed by atoms with van der Waals surface area (Å²) in [5.74, 6) is -0.0138. The normalized spacial score (nSPS) is 10.9. The molecule has 0 spiro atoms. The maximum absolute atomic E-state index is 11.9. The number of aromatic nitrogens is 1. The second kappa shape index (κ2) is 7.57. The van der Waals surface area contributed by atoms with E-state index in [0.717, 1.165) is 35.9 Å². The lowest BCUT2D eigenvalue weighted by Gasteiger charge is -2.08. The molecular weight excluding hydrogens is 294 g/mol. The summed E-state index contributed by atoms with van der Waals surface area (Å²) in [5.41, 5.74) is 8.57. The van der Waals surface area contributed by atoms with Crippen LogP contribution in [0.15, 0.2) is 17.6 Å². The van der Waals surface area contributed by atoms with Crippen LogP contribution in [-0.4, -0.2) is 17.4 Å². The summed E-state index contributed by atoms with van der Waals surface area (Å²) in [7, 11) is 0. The molecule has 1 heterocycles. The first-order valence-electron chi connectivity index (χ1n) is 6.74. The molecule has 0 aliphatic heterocycles.